The average molecular weight is 601 g/mol. The van der Waals surface area contributed by atoms with Crippen molar-refractivity contribution in [2.75, 3.05) is 68.4 Å². The lowest BCUT2D eigenvalue weighted by atomic mass is 9.95. The third-order valence-electron chi connectivity index (χ3n) is 8.68. The number of para-hydroxylation sites is 1. The second-order valence-electron chi connectivity index (χ2n) is 12.2. The van der Waals surface area contributed by atoms with Crippen LogP contribution in [-0.4, -0.2) is 73.3 Å². The van der Waals surface area contributed by atoms with E-state index in [1.165, 1.54) is 49.7 Å². The summed E-state index contributed by atoms with van der Waals surface area (Å²) in [5, 5.41) is 10.7. The van der Waals surface area contributed by atoms with E-state index in [1.807, 2.05) is 36.4 Å². The van der Waals surface area contributed by atoms with Crippen LogP contribution in [0.1, 0.15) is 62.5 Å². The van der Waals surface area contributed by atoms with Crippen molar-refractivity contribution in [1.82, 2.24) is 25.5 Å². The standard InChI is InChI=1S/C35H52N8O/c36-33-26-34(43-23-21-42(22-24-43)20-7-8-25-44-32-12-5-2-6-13-32)41-35(40-33)39-28-30-16-14-29(15-17-30)27-37-18-9-19-38-31-10-3-1-4-11-31/h2,5-6,12-17,26,31,37-38H,1,3-4,7-11,18-25,27-28H2,(H3,36,39,40,41). The number of hydrogen-bond acceptors (Lipinski definition) is 9. The molecule has 0 radical (unpaired) electrons. The Morgan fingerprint density at radius 1 is 0.795 bits per heavy atom. The number of benzene rings is 2. The molecule has 0 spiro atoms. The van der Waals surface area contributed by atoms with Gasteiger partial charge < -0.3 is 31.3 Å². The molecule has 0 amide bonds. The number of piperazine rings is 1. The van der Waals surface area contributed by atoms with Gasteiger partial charge in [-0.25, -0.2) is 0 Å². The van der Waals surface area contributed by atoms with Gasteiger partial charge in [-0.1, -0.05) is 61.7 Å². The van der Waals surface area contributed by atoms with Gasteiger partial charge in [0.05, 0.1) is 6.61 Å². The molecule has 9 heteroatoms. The quantitative estimate of drug-likeness (QED) is 0.158. The molecule has 44 heavy (non-hydrogen) atoms. The summed E-state index contributed by atoms with van der Waals surface area (Å²) in [7, 11) is 0. The van der Waals surface area contributed by atoms with E-state index >= 15 is 0 Å². The van der Waals surface area contributed by atoms with Crippen LogP contribution in [0, 0.1) is 0 Å². The lowest BCUT2D eigenvalue weighted by molar-refractivity contribution is 0.238. The molecule has 3 aromatic rings. The fraction of sp³-hybridized carbons (Fsp3) is 0.543. The second-order valence-corrected chi connectivity index (χ2v) is 12.2. The molecule has 2 heterocycles. The molecule has 1 aliphatic heterocycles. The first-order chi connectivity index (χ1) is 21.7. The summed E-state index contributed by atoms with van der Waals surface area (Å²) >= 11 is 0. The minimum atomic E-state index is 0.494. The van der Waals surface area contributed by atoms with Crippen LogP contribution in [0.15, 0.2) is 60.7 Å². The molecule has 2 fully saturated rings. The molecular formula is C35H52N8O. The van der Waals surface area contributed by atoms with E-state index in [9.17, 15) is 0 Å². The van der Waals surface area contributed by atoms with Gasteiger partial charge in [0.2, 0.25) is 5.95 Å². The SMILES string of the molecule is Nc1cc(N2CCN(CCCCOc3ccccc3)CC2)nc(NCc2ccc(CNCCCNC3CCCCC3)cc2)n1. The van der Waals surface area contributed by atoms with Crippen molar-refractivity contribution in [1.29, 1.82) is 0 Å². The summed E-state index contributed by atoms with van der Waals surface area (Å²) in [5.41, 5.74) is 8.68. The Bertz CT molecular complexity index is 1210. The summed E-state index contributed by atoms with van der Waals surface area (Å²) in [6, 6.07) is 21.4. The van der Waals surface area contributed by atoms with Crippen molar-refractivity contribution in [2.45, 2.75) is 70.5 Å². The number of anilines is 3. The predicted octanol–water partition coefficient (Wildman–Crippen LogP) is 5.05. The Hall–Kier alpha value is -3.40. The van der Waals surface area contributed by atoms with Crippen molar-refractivity contribution in [2.24, 2.45) is 0 Å². The molecule has 1 aromatic heterocycles. The van der Waals surface area contributed by atoms with Gasteiger partial charge in [0.15, 0.2) is 0 Å². The van der Waals surface area contributed by atoms with Crippen LogP contribution in [-0.2, 0) is 13.1 Å². The zero-order chi connectivity index (χ0) is 30.2. The van der Waals surface area contributed by atoms with E-state index in [0.29, 0.717) is 18.3 Å². The van der Waals surface area contributed by atoms with Crippen LogP contribution < -0.4 is 31.3 Å². The highest BCUT2D eigenvalue weighted by atomic mass is 16.5. The van der Waals surface area contributed by atoms with Gasteiger partial charge in [-0.2, -0.15) is 9.97 Å². The van der Waals surface area contributed by atoms with Crippen molar-refractivity contribution in [3.8, 4) is 5.75 Å². The highest BCUT2D eigenvalue weighted by Gasteiger charge is 2.19. The maximum atomic E-state index is 6.18. The largest absolute Gasteiger partial charge is 0.494 e. The number of nitrogens with two attached hydrogens (primary N) is 1. The first kappa shape index (κ1) is 32.0. The van der Waals surface area contributed by atoms with E-state index in [1.54, 1.807) is 0 Å². The lowest BCUT2D eigenvalue weighted by Gasteiger charge is -2.35. The normalized spacial score (nSPS) is 16.2. The summed E-state index contributed by atoms with van der Waals surface area (Å²) in [4.78, 5) is 14.1. The molecule has 2 aromatic carbocycles. The van der Waals surface area contributed by atoms with Crippen LogP contribution in [0.4, 0.5) is 17.6 Å². The van der Waals surface area contributed by atoms with Gasteiger partial charge >= 0.3 is 0 Å². The summed E-state index contributed by atoms with van der Waals surface area (Å²) in [6.45, 7) is 9.47. The zero-order valence-electron chi connectivity index (χ0n) is 26.4. The molecule has 5 rings (SSSR count). The fourth-order valence-electron chi connectivity index (χ4n) is 6.05. The van der Waals surface area contributed by atoms with Crippen LogP contribution in [0.5, 0.6) is 5.75 Å². The maximum absolute atomic E-state index is 6.18. The third-order valence-corrected chi connectivity index (χ3v) is 8.68. The number of nitrogen functional groups attached to an aromatic ring is 1. The molecule has 5 N–H and O–H groups in total. The van der Waals surface area contributed by atoms with Crippen molar-refractivity contribution in [3.05, 3.63) is 71.8 Å². The van der Waals surface area contributed by atoms with Crippen molar-refractivity contribution in [3.63, 3.8) is 0 Å². The first-order valence-electron chi connectivity index (χ1n) is 16.8. The summed E-state index contributed by atoms with van der Waals surface area (Å²) in [5.74, 6) is 2.91. The Morgan fingerprint density at radius 3 is 2.32 bits per heavy atom. The Morgan fingerprint density at radius 2 is 1.55 bits per heavy atom. The number of ether oxygens (including phenoxy) is 1. The Kier molecular flexibility index (Phi) is 12.9. The zero-order valence-corrected chi connectivity index (χ0v) is 26.4. The van der Waals surface area contributed by atoms with Crippen LogP contribution >= 0.6 is 0 Å². The van der Waals surface area contributed by atoms with Gasteiger partial charge in [0.25, 0.3) is 0 Å². The number of hydrogen-bond donors (Lipinski definition) is 4. The molecule has 1 saturated heterocycles. The lowest BCUT2D eigenvalue weighted by Crippen LogP contribution is -2.47. The topological polar surface area (TPSA) is 104 Å². The van der Waals surface area contributed by atoms with Gasteiger partial charge in [0, 0.05) is 51.4 Å². The molecule has 0 bridgehead atoms. The number of nitrogens with one attached hydrogen (secondary N) is 3. The monoisotopic (exact) mass is 600 g/mol. The van der Waals surface area contributed by atoms with Gasteiger partial charge in [-0.15, -0.1) is 0 Å². The van der Waals surface area contributed by atoms with Crippen LogP contribution in [0.25, 0.3) is 0 Å². The Labute approximate surface area is 264 Å². The van der Waals surface area contributed by atoms with E-state index in [2.05, 4.69) is 55.0 Å². The van der Waals surface area contributed by atoms with E-state index in [4.69, 9.17) is 15.5 Å². The number of rotatable bonds is 17. The fourth-order valence-corrected chi connectivity index (χ4v) is 6.05. The number of unbranched alkanes of at least 4 members (excludes halogenated alkanes) is 1. The van der Waals surface area contributed by atoms with Crippen LogP contribution in [0.3, 0.4) is 0 Å². The molecule has 0 atom stereocenters. The molecule has 1 aliphatic carbocycles. The number of aromatic nitrogens is 2. The number of nitrogens with zero attached hydrogens (tertiary/aromatic N) is 4. The second kappa shape index (κ2) is 17.8. The minimum Gasteiger partial charge on any atom is -0.494 e. The highest BCUT2D eigenvalue weighted by molar-refractivity contribution is 5.52. The molecule has 9 nitrogen and oxygen atoms in total. The van der Waals surface area contributed by atoms with E-state index < -0.39 is 0 Å². The molecule has 1 saturated carbocycles. The smallest absolute Gasteiger partial charge is 0.226 e. The van der Waals surface area contributed by atoms with Crippen molar-refractivity contribution >= 4 is 17.6 Å². The van der Waals surface area contributed by atoms with Crippen molar-refractivity contribution < 1.29 is 4.74 Å². The van der Waals surface area contributed by atoms with Gasteiger partial charge in [-0.3, -0.25) is 4.90 Å². The summed E-state index contributed by atoms with van der Waals surface area (Å²) < 4.78 is 5.82. The van der Waals surface area contributed by atoms with Gasteiger partial charge in [-0.05, 0) is 75.0 Å². The minimum absolute atomic E-state index is 0.494. The van der Waals surface area contributed by atoms with E-state index in [0.717, 1.165) is 89.4 Å². The van der Waals surface area contributed by atoms with Crippen LogP contribution in [0.2, 0.25) is 0 Å². The van der Waals surface area contributed by atoms with Gasteiger partial charge in [0.1, 0.15) is 17.4 Å². The molecule has 238 valence electrons. The van der Waals surface area contributed by atoms with E-state index in [-0.39, 0.29) is 0 Å². The highest BCUT2D eigenvalue weighted by Crippen LogP contribution is 2.20. The average Bonchev–Trinajstić information content (AvgIpc) is 3.07. The molecule has 2 aliphatic rings. The first-order valence-corrected chi connectivity index (χ1v) is 16.8. The predicted molar refractivity (Wildman–Crippen MR) is 181 cm³/mol. The summed E-state index contributed by atoms with van der Waals surface area (Å²) in [6.07, 6.45) is 10.3. The third kappa shape index (κ3) is 10.9. The Balaban J connectivity index is 0.963. The molecular weight excluding hydrogens is 548 g/mol. The molecule has 0 unspecified atom stereocenters. The maximum Gasteiger partial charge on any atom is 0.226 e.